The molecule has 0 spiro atoms. The standard InChI is InChI=1S/C12H12N6/c1-9-2-3-10(6-13-9)7-14-12-16-8-15-11-4-5-17-18(11)12/h2-6,8H,7H2,1H3,(H,14,15,16). The topological polar surface area (TPSA) is 68.0 Å². The molecule has 0 aliphatic rings. The Kier molecular flexibility index (Phi) is 2.60. The molecule has 3 heterocycles. The average molecular weight is 240 g/mol. The maximum atomic E-state index is 4.25. The van der Waals surface area contributed by atoms with Crippen LogP contribution in [0.5, 0.6) is 0 Å². The first-order valence-corrected chi connectivity index (χ1v) is 5.63. The molecule has 3 rings (SSSR count). The third kappa shape index (κ3) is 2.00. The summed E-state index contributed by atoms with van der Waals surface area (Å²) in [6, 6.07) is 5.86. The molecule has 0 radical (unpaired) electrons. The van der Waals surface area contributed by atoms with Gasteiger partial charge < -0.3 is 5.32 Å². The minimum atomic E-state index is 0.652. The lowest BCUT2D eigenvalue weighted by molar-refractivity contribution is 0.879. The molecule has 3 aromatic heterocycles. The van der Waals surface area contributed by atoms with E-state index in [2.05, 4.69) is 25.4 Å². The van der Waals surface area contributed by atoms with E-state index in [0.29, 0.717) is 12.5 Å². The summed E-state index contributed by atoms with van der Waals surface area (Å²) in [7, 11) is 0. The molecule has 6 heteroatoms. The minimum absolute atomic E-state index is 0.652. The lowest BCUT2D eigenvalue weighted by atomic mass is 10.2. The second-order valence-corrected chi connectivity index (χ2v) is 3.96. The second-order valence-electron chi connectivity index (χ2n) is 3.96. The van der Waals surface area contributed by atoms with Crippen LogP contribution in [0.3, 0.4) is 0 Å². The van der Waals surface area contributed by atoms with Crippen LogP contribution in [0, 0.1) is 6.92 Å². The highest BCUT2D eigenvalue weighted by atomic mass is 15.3. The predicted molar refractivity (Wildman–Crippen MR) is 67.1 cm³/mol. The predicted octanol–water partition coefficient (Wildman–Crippen LogP) is 1.44. The number of fused-ring (bicyclic) bond motifs is 1. The lowest BCUT2D eigenvalue weighted by Crippen LogP contribution is -2.08. The van der Waals surface area contributed by atoms with Gasteiger partial charge in [0.05, 0.1) is 6.20 Å². The highest BCUT2D eigenvalue weighted by molar-refractivity contribution is 5.42. The van der Waals surface area contributed by atoms with Crippen LogP contribution in [0.4, 0.5) is 5.95 Å². The third-order valence-corrected chi connectivity index (χ3v) is 2.62. The summed E-state index contributed by atoms with van der Waals surface area (Å²) < 4.78 is 1.67. The number of pyridine rings is 1. The Labute approximate surface area is 104 Å². The van der Waals surface area contributed by atoms with Gasteiger partial charge in [0, 0.05) is 24.5 Å². The Morgan fingerprint density at radius 3 is 2.94 bits per heavy atom. The van der Waals surface area contributed by atoms with E-state index in [4.69, 9.17) is 0 Å². The van der Waals surface area contributed by atoms with E-state index in [9.17, 15) is 0 Å². The van der Waals surface area contributed by atoms with Gasteiger partial charge in [-0.2, -0.15) is 9.61 Å². The number of hydrogen-bond donors (Lipinski definition) is 1. The van der Waals surface area contributed by atoms with Crippen molar-refractivity contribution < 1.29 is 0 Å². The Balaban J connectivity index is 1.80. The van der Waals surface area contributed by atoms with Crippen molar-refractivity contribution in [3.05, 3.63) is 48.2 Å². The van der Waals surface area contributed by atoms with Crippen LogP contribution < -0.4 is 5.32 Å². The smallest absolute Gasteiger partial charge is 0.227 e. The SMILES string of the molecule is Cc1ccc(CNc2ncnc3ccnn23)cn1. The van der Waals surface area contributed by atoms with E-state index in [0.717, 1.165) is 16.9 Å². The number of anilines is 1. The van der Waals surface area contributed by atoms with Gasteiger partial charge in [0.1, 0.15) is 6.33 Å². The fourth-order valence-electron chi connectivity index (χ4n) is 1.66. The average Bonchev–Trinajstić information content (AvgIpc) is 2.87. The zero-order valence-corrected chi connectivity index (χ0v) is 9.91. The van der Waals surface area contributed by atoms with Gasteiger partial charge in [0.15, 0.2) is 5.65 Å². The van der Waals surface area contributed by atoms with Crippen molar-refractivity contribution in [2.45, 2.75) is 13.5 Å². The zero-order valence-electron chi connectivity index (χ0n) is 9.91. The number of nitrogens with zero attached hydrogens (tertiary/aromatic N) is 5. The van der Waals surface area contributed by atoms with Gasteiger partial charge in [-0.25, -0.2) is 9.97 Å². The molecule has 0 aliphatic carbocycles. The fraction of sp³-hybridized carbons (Fsp3) is 0.167. The lowest BCUT2D eigenvalue weighted by Gasteiger charge is -2.06. The number of aryl methyl sites for hydroxylation is 1. The molecule has 90 valence electrons. The van der Waals surface area contributed by atoms with Crippen molar-refractivity contribution >= 4 is 11.6 Å². The van der Waals surface area contributed by atoms with Gasteiger partial charge in [0.25, 0.3) is 0 Å². The number of rotatable bonds is 3. The van der Waals surface area contributed by atoms with Crippen molar-refractivity contribution in [2.75, 3.05) is 5.32 Å². The Morgan fingerprint density at radius 2 is 2.11 bits per heavy atom. The molecule has 0 fully saturated rings. The van der Waals surface area contributed by atoms with E-state index < -0.39 is 0 Å². The molecule has 0 bridgehead atoms. The van der Waals surface area contributed by atoms with Gasteiger partial charge in [0.2, 0.25) is 5.95 Å². The summed E-state index contributed by atoms with van der Waals surface area (Å²) in [5.41, 5.74) is 2.88. The van der Waals surface area contributed by atoms with Crippen molar-refractivity contribution in [1.29, 1.82) is 0 Å². The molecular formula is C12H12N6. The second kappa shape index (κ2) is 4.40. The van der Waals surface area contributed by atoms with Crippen LogP contribution in [-0.4, -0.2) is 24.6 Å². The van der Waals surface area contributed by atoms with E-state index in [1.165, 1.54) is 6.33 Å². The highest BCUT2D eigenvalue weighted by Gasteiger charge is 2.02. The molecule has 0 saturated heterocycles. The molecule has 0 aromatic carbocycles. The maximum absolute atomic E-state index is 4.25. The number of hydrogen-bond acceptors (Lipinski definition) is 5. The summed E-state index contributed by atoms with van der Waals surface area (Å²) in [5.74, 6) is 0.672. The van der Waals surface area contributed by atoms with Gasteiger partial charge in [-0.3, -0.25) is 4.98 Å². The van der Waals surface area contributed by atoms with Gasteiger partial charge in [-0.15, -0.1) is 0 Å². The van der Waals surface area contributed by atoms with E-state index >= 15 is 0 Å². The summed E-state index contributed by atoms with van der Waals surface area (Å²) in [6.45, 7) is 2.62. The fourth-order valence-corrected chi connectivity index (χ4v) is 1.66. The van der Waals surface area contributed by atoms with Crippen molar-refractivity contribution in [3.63, 3.8) is 0 Å². The van der Waals surface area contributed by atoms with Crippen LogP contribution in [-0.2, 0) is 6.54 Å². The monoisotopic (exact) mass is 240 g/mol. The first-order valence-electron chi connectivity index (χ1n) is 5.63. The molecule has 1 N–H and O–H groups in total. The van der Waals surface area contributed by atoms with Crippen molar-refractivity contribution in [3.8, 4) is 0 Å². The Morgan fingerprint density at radius 1 is 1.17 bits per heavy atom. The molecule has 0 saturated carbocycles. The van der Waals surface area contributed by atoms with Crippen LogP contribution in [0.25, 0.3) is 5.65 Å². The molecule has 18 heavy (non-hydrogen) atoms. The Bertz CT molecular complexity index is 658. The molecule has 0 atom stereocenters. The molecule has 0 amide bonds. The Hall–Kier alpha value is -2.50. The molecule has 6 nitrogen and oxygen atoms in total. The largest absolute Gasteiger partial charge is 0.350 e. The summed E-state index contributed by atoms with van der Waals surface area (Å²) in [6.07, 6.45) is 5.07. The van der Waals surface area contributed by atoms with Gasteiger partial charge in [-0.05, 0) is 18.6 Å². The summed E-state index contributed by atoms with van der Waals surface area (Å²) in [5, 5.41) is 7.38. The first kappa shape index (κ1) is 10.6. The van der Waals surface area contributed by atoms with Crippen molar-refractivity contribution in [2.24, 2.45) is 0 Å². The molecule has 0 aliphatic heterocycles. The van der Waals surface area contributed by atoms with Crippen LogP contribution in [0.2, 0.25) is 0 Å². The number of nitrogens with one attached hydrogen (secondary N) is 1. The summed E-state index contributed by atoms with van der Waals surface area (Å²) >= 11 is 0. The molecule has 3 aromatic rings. The van der Waals surface area contributed by atoms with E-state index in [1.54, 1.807) is 10.7 Å². The number of aromatic nitrogens is 5. The normalized spacial score (nSPS) is 10.7. The van der Waals surface area contributed by atoms with Crippen LogP contribution in [0.15, 0.2) is 36.9 Å². The minimum Gasteiger partial charge on any atom is -0.350 e. The third-order valence-electron chi connectivity index (χ3n) is 2.62. The van der Waals surface area contributed by atoms with Gasteiger partial charge in [-0.1, -0.05) is 6.07 Å². The zero-order chi connectivity index (χ0) is 12.4. The van der Waals surface area contributed by atoms with Crippen molar-refractivity contribution in [1.82, 2.24) is 24.6 Å². The van der Waals surface area contributed by atoms with Gasteiger partial charge >= 0.3 is 0 Å². The van der Waals surface area contributed by atoms with E-state index in [1.807, 2.05) is 31.3 Å². The molecular weight excluding hydrogens is 228 g/mol. The highest BCUT2D eigenvalue weighted by Crippen LogP contribution is 2.07. The molecule has 0 unspecified atom stereocenters. The maximum Gasteiger partial charge on any atom is 0.227 e. The quantitative estimate of drug-likeness (QED) is 0.750. The van der Waals surface area contributed by atoms with Crippen LogP contribution >= 0.6 is 0 Å². The van der Waals surface area contributed by atoms with E-state index in [-0.39, 0.29) is 0 Å². The van der Waals surface area contributed by atoms with Crippen LogP contribution in [0.1, 0.15) is 11.3 Å². The summed E-state index contributed by atoms with van der Waals surface area (Å²) in [4.78, 5) is 12.5. The first-order chi connectivity index (χ1) is 8.83.